The number of morpholine rings is 1. The maximum absolute atomic E-state index is 5.42. The van der Waals surface area contributed by atoms with E-state index in [4.69, 9.17) is 4.74 Å². The highest BCUT2D eigenvalue weighted by Gasteiger charge is 2.15. The van der Waals surface area contributed by atoms with Crippen LogP contribution < -0.4 is 10.2 Å². The largest absolute Gasteiger partial charge is 0.378 e. The average Bonchev–Trinajstić information content (AvgIpc) is 3.26. The van der Waals surface area contributed by atoms with E-state index in [2.05, 4.69) is 68.2 Å². The second-order valence-electron chi connectivity index (χ2n) is 7.15. The Hall–Kier alpha value is -2.28. The van der Waals surface area contributed by atoms with Crippen molar-refractivity contribution in [1.29, 1.82) is 0 Å². The Labute approximate surface area is 170 Å². The predicted molar refractivity (Wildman–Crippen MR) is 114 cm³/mol. The summed E-state index contributed by atoms with van der Waals surface area (Å²) >= 11 is 1.74. The molecule has 0 aliphatic carbocycles. The Bertz CT molecular complexity index is 843. The van der Waals surface area contributed by atoms with Crippen LogP contribution >= 0.6 is 11.3 Å². The van der Waals surface area contributed by atoms with Crippen molar-refractivity contribution in [2.75, 3.05) is 31.2 Å². The van der Waals surface area contributed by atoms with Crippen molar-refractivity contribution in [2.24, 2.45) is 0 Å². The maximum Gasteiger partial charge on any atom is 0.128 e. The molecule has 3 aromatic heterocycles. The van der Waals surface area contributed by atoms with Crippen molar-refractivity contribution in [3.8, 4) is 0 Å². The first kappa shape index (κ1) is 19.1. The van der Waals surface area contributed by atoms with Crippen LogP contribution in [0.25, 0.3) is 0 Å². The molecule has 146 valence electrons. The fourth-order valence-electron chi connectivity index (χ4n) is 3.35. The van der Waals surface area contributed by atoms with Gasteiger partial charge in [0.15, 0.2) is 0 Å². The van der Waals surface area contributed by atoms with Crippen molar-refractivity contribution in [2.45, 2.75) is 25.9 Å². The molecule has 1 atom stereocenters. The van der Waals surface area contributed by atoms with E-state index in [0.29, 0.717) is 0 Å². The van der Waals surface area contributed by atoms with Gasteiger partial charge in [-0.05, 0) is 59.0 Å². The number of pyridine rings is 2. The first-order valence-electron chi connectivity index (χ1n) is 9.72. The SMILES string of the molecule is Cc1ccc([C@@H](Cc2ccsc2)NCc2ccc(N3CCOCC3)nc2)nc1. The Morgan fingerprint density at radius 1 is 1.07 bits per heavy atom. The van der Waals surface area contributed by atoms with Gasteiger partial charge in [0, 0.05) is 32.0 Å². The first-order valence-corrected chi connectivity index (χ1v) is 10.7. The molecule has 3 aromatic rings. The monoisotopic (exact) mass is 394 g/mol. The van der Waals surface area contributed by atoms with E-state index >= 15 is 0 Å². The lowest BCUT2D eigenvalue weighted by Gasteiger charge is -2.27. The lowest BCUT2D eigenvalue weighted by Crippen LogP contribution is -2.36. The fourth-order valence-corrected chi connectivity index (χ4v) is 4.03. The van der Waals surface area contributed by atoms with Gasteiger partial charge in [-0.1, -0.05) is 12.1 Å². The molecule has 1 aliphatic rings. The molecule has 5 nitrogen and oxygen atoms in total. The molecule has 0 radical (unpaired) electrons. The summed E-state index contributed by atoms with van der Waals surface area (Å²) < 4.78 is 5.42. The van der Waals surface area contributed by atoms with Gasteiger partial charge in [0.05, 0.1) is 24.9 Å². The maximum atomic E-state index is 5.42. The number of hydrogen-bond donors (Lipinski definition) is 1. The van der Waals surface area contributed by atoms with Gasteiger partial charge in [0.25, 0.3) is 0 Å². The number of nitrogens with zero attached hydrogens (tertiary/aromatic N) is 3. The van der Waals surface area contributed by atoms with Crippen molar-refractivity contribution in [3.05, 3.63) is 75.9 Å². The van der Waals surface area contributed by atoms with E-state index in [1.54, 1.807) is 11.3 Å². The summed E-state index contributed by atoms with van der Waals surface area (Å²) in [5, 5.41) is 8.02. The minimum atomic E-state index is 0.175. The molecule has 0 aromatic carbocycles. The normalized spacial score (nSPS) is 15.5. The molecule has 0 amide bonds. The van der Waals surface area contributed by atoms with Gasteiger partial charge in [0.1, 0.15) is 5.82 Å². The molecule has 6 heteroatoms. The lowest BCUT2D eigenvalue weighted by molar-refractivity contribution is 0.122. The van der Waals surface area contributed by atoms with Crippen LogP contribution in [0.3, 0.4) is 0 Å². The Morgan fingerprint density at radius 2 is 1.96 bits per heavy atom. The molecule has 28 heavy (non-hydrogen) atoms. The minimum absolute atomic E-state index is 0.175. The van der Waals surface area contributed by atoms with E-state index in [9.17, 15) is 0 Å². The topological polar surface area (TPSA) is 50.3 Å². The third-order valence-corrected chi connectivity index (χ3v) is 5.74. The van der Waals surface area contributed by atoms with E-state index in [1.165, 1.54) is 16.7 Å². The summed E-state index contributed by atoms with van der Waals surface area (Å²) in [5.41, 5.74) is 4.78. The minimum Gasteiger partial charge on any atom is -0.378 e. The van der Waals surface area contributed by atoms with Gasteiger partial charge in [-0.15, -0.1) is 0 Å². The van der Waals surface area contributed by atoms with Crippen LogP contribution in [0.2, 0.25) is 0 Å². The summed E-state index contributed by atoms with van der Waals surface area (Å²) in [6, 6.07) is 10.9. The van der Waals surface area contributed by atoms with E-state index in [-0.39, 0.29) is 6.04 Å². The Balaban J connectivity index is 1.42. The Kier molecular flexibility index (Phi) is 6.31. The Morgan fingerprint density at radius 3 is 2.64 bits per heavy atom. The molecule has 1 fully saturated rings. The third-order valence-electron chi connectivity index (χ3n) is 5.01. The van der Waals surface area contributed by atoms with Gasteiger partial charge in [-0.25, -0.2) is 4.98 Å². The number of aryl methyl sites for hydroxylation is 1. The molecule has 0 unspecified atom stereocenters. The summed E-state index contributed by atoms with van der Waals surface area (Å²) in [7, 11) is 0. The standard InChI is InChI=1S/C22H26N4OS/c1-17-2-4-20(23-13-17)21(12-18-6-11-28-16-18)24-14-19-3-5-22(25-15-19)26-7-9-27-10-8-26/h2-6,11,13,15-16,21,24H,7-10,12,14H2,1H3/t21-/m1/s1. The van der Waals surface area contributed by atoms with Crippen LogP contribution in [0.15, 0.2) is 53.5 Å². The average molecular weight is 395 g/mol. The highest BCUT2D eigenvalue weighted by atomic mass is 32.1. The summed E-state index contributed by atoms with van der Waals surface area (Å²) in [5.74, 6) is 1.03. The molecular formula is C22H26N4OS. The number of aromatic nitrogens is 2. The predicted octanol–water partition coefficient (Wildman–Crippen LogP) is 3.76. The second-order valence-corrected chi connectivity index (χ2v) is 7.93. The van der Waals surface area contributed by atoms with Crippen molar-refractivity contribution >= 4 is 17.2 Å². The van der Waals surface area contributed by atoms with Crippen molar-refractivity contribution in [3.63, 3.8) is 0 Å². The molecule has 4 heterocycles. The first-order chi connectivity index (χ1) is 13.8. The van der Waals surface area contributed by atoms with Gasteiger partial charge in [-0.3, -0.25) is 4.98 Å². The van der Waals surface area contributed by atoms with Crippen molar-refractivity contribution in [1.82, 2.24) is 15.3 Å². The molecule has 1 N–H and O–H groups in total. The second kappa shape index (κ2) is 9.28. The molecule has 0 bridgehead atoms. The smallest absolute Gasteiger partial charge is 0.128 e. The molecular weight excluding hydrogens is 368 g/mol. The van der Waals surface area contributed by atoms with Crippen LogP contribution in [0.5, 0.6) is 0 Å². The van der Waals surface area contributed by atoms with Crippen LogP contribution in [0.4, 0.5) is 5.82 Å². The molecule has 1 saturated heterocycles. The number of nitrogens with one attached hydrogen (secondary N) is 1. The molecule has 4 rings (SSSR count). The van der Waals surface area contributed by atoms with Gasteiger partial charge in [-0.2, -0.15) is 11.3 Å². The highest BCUT2D eigenvalue weighted by Crippen LogP contribution is 2.20. The molecule has 0 saturated carbocycles. The quantitative estimate of drug-likeness (QED) is 0.661. The van der Waals surface area contributed by atoms with Crippen LogP contribution in [-0.2, 0) is 17.7 Å². The fraction of sp³-hybridized carbons (Fsp3) is 0.364. The zero-order chi connectivity index (χ0) is 19.2. The lowest BCUT2D eigenvalue weighted by atomic mass is 10.0. The van der Waals surface area contributed by atoms with Gasteiger partial charge >= 0.3 is 0 Å². The number of anilines is 1. The van der Waals surface area contributed by atoms with E-state index in [0.717, 1.165) is 50.8 Å². The van der Waals surface area contributed by atoms with Crippen molar-refractivity contribution < 1.29 is 4.74 Å². The zero-order valence-corrected chi connectivity index (χ0v) is 17.0. The van der Waals surface area contributed by atoms with Crippen LogP contribution in [0, 0.1) is 6.92 Å². The number of rotatable bonds is 7. The zero-order valence-electron chi connectivity index (χ0n) is 16.2. The highest BCUT2D eigenvalue weighted by molar-refractivity contribution is 7.07. The third kappa shape index (κ3) is 4.95. The molecule has 0 spiro atoms. The number of ether oxygens (including phenoxy) is 1. The summed E-state index contributed by atoms with van der Waals surface area (Å²) in [6.07, 6.45) is 4.84. The van der Waals surface area contributed by atoms with Crippen LogP contribution in [0.1, 0.15) is 28.4 Å². The van der Waals surface area contributed by atoms with Gasteiger partial charge in [0.2, 0.25) is 0 Å². The van der Waals surface area contributed by atoms with E-state index < -0.39 is 0 Å². The van der Waals surface area contributed by atoms with Crippen LogP contribution in [-0.4, -0.2) is 36.3 Å². The summed E-state index contributed by atoms with van der Waals surface area (Å²) in [4.78, 5) is 11.6. The number of hydrogen-bond acceptors (Lipinski definition) is 6. The molecule has 1 aliphatic heterocycles. The van der Waals surface area contributed by atoms with Gasteiger partial charge < -0.3 is 15.0 Å². The number of thiophene rings is 1. The summed E-state index contributed by atoms with van der Waals surface area (Å²) in [6.45, 7) is 6.21. The van der Waals surface area contributed by atoms with E-state index in [1.807, 2.05) is 12.4 Å².